The first-order valence-electron chi connectivity index (χ1n) is 11.9. The minimum atomic E-state index is -4.90. The zero-order valence-corrected chi connectivity index (χ0v) is 21.8. The Morgan fingerprint density at radius 2 is 1.57 bits per heavy atom. The number of benzene rings is 2. The molecule has 5 rings (SSSR count). The lowest BCUT2D eigenvalue weighted by Crippen LogP contribution is -2.52. The molecule has 2 aromatic heterocycles. The van der Waals surface area contributed by atoms with Gasteiger partial charge in [-0.15, -0.1) is 11.3 Å². The summed E-state index contributed by atoms with van der Waals surface area (Å²) in [7, 11) is 0. The van der Waals surface area contributed by atoms with E-state index in [4.69, 9.17) is 0 Å². The fourth-order valence-electron chi connectivity index (χ4n) is 3.62. The maximum Gasteiger partial charge on any atom is 0.507 e. The lowest BCUT2D eigenvalue weighted by Gasteiger charge is -2.31. The summed E-state index contributed by atoms with van der Waals surface area (Å²) in [4.78, 5) is 45.5. The zero-order valence-electron chi connectivity index (χ0n) is 21.0. The molecule has 42 heavy (non-hydrogen) atoms. The van der Waals surface area contributed by atoms with Crippen molar-refractivity contribution in [3.8, 4) is 11.5 Å². The molecule has 0 spiro atoms. The van der Waals surface area contributed by atoms with Crippen LogP contribution < -0.4 is 30.7 Å². The van der Waals surface area contributed by atoms with Gasteiger partial charge in [0.05, 0.1) is 5.51 Å². The van der Waals surface area contributed by atoms with Crippen LogP contribution in [0.25, 0.3) is 0 Å². The van der Waals surface area contributed by atoms with Crippen molar-refractivity contribution in [2.75, 3.05) is 16.0 Å². The van der Waals surface area contributed by atoms with Gasteiger partial charge in [-0.3, -0.25) is 20.2 Å². The van der Waals surface area contributed by atoms with Gasteiger partial charge in [-0.1, -0.05) is 18.2 Å². The van der Waals surface area contributed by atoms with Crippen molar-refractivity contribution in [2.24, 2.45) is 0 Å². The Morgan fingerprint density at radius 3 is 2.33 bits per heavy atom. The third-order valence-corrected chi connectivity index (χ3v) is 6.40. The summed E-state index contributed by atoms with van der Waals surface area (Å²) in [5, 5.41) is 10.1. The van der Waals surface area contributed by atoms with Gasteiger partial charge in [0.2, 0.25) is 0 Å². The summed E-state index contributed by atoms with van der Waals surface area (Å²) in [5.74, 6) is -2.19. The van der Waals surface area contributed by atoms with E-state index in [1.165, 1.54) is 17.8 Å². The summed E-state index contributed by atoms with van der Waals surface area (Å²) >= 11 is 0.985. The Labute approximate surface area is 237 Å². The van der Waals surface area contributed by atoms with Crippen molar-refractivity contribution >= 4 is 46.5 Å². The largest absolute Gasteiger partial charge is 0.507 e. The van der Waals surface area contributed by atoms with E-state index >= 15 is 0 Å². The highest BCUT2D eigenvalue weighted by Crippen LogP contribution is 2.47. The number of halogens is 4. The van der Waals surface area contributed by atoms with Gasteiger partial charge < -0.3 is 20.1 Å². The fraction of sp³-hybridized carbons (Fsp3) is 0.115. The summed E-state index contributed by atoms with van der Waals surface area (Å²) < 4.78 is 61.9. The number of urea groups is 1. The predicted molar refractivity (Wildman–Crippen MR) is 142 cm³/mol. The number of ether oxygens (including phenoxy) is 2. The number of amides is 4. The molecule has 0 saturated carbocycles. The normalized spacial score (nSPS) is 14.4. The van der Waals surface area contributed by atoms with Gasteiger partial charge in [0.25, 0.3) is 11.8 Å². The molecule has 0 bridgehead atoms. The fourth-order valence-corrected chi connectivity index (χ4v) is 4.27. The number of nitrogens with zero attached hydrogens (tertiary/aromatic N) is 2. The van der Waals surface area contributed by atoms with Gasteiger partial charge in [-0.25, -0.2) is 14.8 Å². The van der Waals surface area contributed by atoms with E-state index in [9.17, 15) is 31.9 Å². The molecular weight excluding hydrogens is 584 g/mol. The zero-order chi connectivity index (χ0) is 29.9. The number of alkyl halides is 4. The van der Waals surface area contributed by atoms with E-state index in [1.807, 2.05) is 0 Å². The molecule has 216 valence electrons. The number of rotatable bonds is 7. The number of thiazole rings is 1. The Bertz CT molecular complexity index is 1650. The Kier molecular flexibility index (Phi) is 7.62. The molecule has 0 fully saturated rings. The standard InChI is InChI=1S/C26H18F4N6O5S/c27-25(28)26(29,30)41-18-11-16(6-7-17(18)40-25)34-23(38)20-21(33-13-42-20)32-12-14-8-9-31-19(10-14)35-24(39)36-22(37)15-4-2-1-3-5-15/h1-11,13,32H,12H2,(H,34,38)(H2,31,35,36,37,39). The molecular formula is C26H18F4N6O5S. The molecule has 0 atom stereocenters. The van der Waals surface area contributed by atoms with E-state index in [1.54, 1.807) is 42.5 Å². The molecule has 0 radical (unpaired) electrons. The van der Waals surface area contributed by atoms with Crippen LogP contribution in [0.3, 0.4) is 0 Å². The molecule has 0 unspecified atom stereocenters. The average Bonchev–Trinajstić information content (AvgIpc) is 3.42. The highest BCUT2D eigenvalue weighted by Gasteiger charge is 2.65. The van der Waals surface area contributed by atoms with Gasteiger partial charge in [0, 0.05) is 30.1 Å². The summed E-state index contributed by atoms with van der Waals surface area (Å²) in [6.45, 7) is 0.152. The minimum absolute atomic E-state index is 0.0170. The number of pyridine rings is 1. The lowest BCUT2D eigenvalue weighted by molar-refractivity contribution is -0.391. The van der Waals surface area contributed by atoms with E-state index in [-0.39, 0.29) is 28.7 Å². The number of carbonyl (C=O) groups is 3. The average molecular weight is 603 g/mol. The third kappa shape index (κ3) is 6.22. The quantitative estimate of drug-likeness (QED) is 0.208. The van der Waals surface area contributed by atoms with E-state index in [0.717, 1.165) is 23.5 Å². The molecule has 1 aliphatic heterocycles. The Hall–Kier alpha value is -5.25. The van der Waals surface area contributed by atoms with Crippen LogP contribution in [-0.4, -0.2) is 40.0 Å². The summed E-state index contributed by atoms with van der Waals surface area (Å²) in [5.41, 5.74) is 2.33. The third-order valence-electron chi connectivity index (χ3n) is 5.58. The van der Waals surface area contributed by atoms with Crippen molar-refractivity contribution in [3.05, 3.63) is 88.4 Å². The minimum Gasteiger partial charge on any atom is -0.421 e. The number of imide groups is 1. The van der Waals surface area contributed by atoms with Crippen LogP contribution in [0.15, 0.2) is 72.4 Å². The molecule has 16 heteroatoms. The Morgan fingerprint density at radius 1 is 0.833 bits per heavy atom. The SMILES string of the molecule is O=C(NC(=O)c1ccccc1)Nc1cc(CNc2ncsc2C(=O)Nc2ccc3c(c2)OC(F)(F)C(F)(F)O3)ccn1. The van der Waals surface area contributed by atoms with Gasteiger partial charge >= 0.3 is 18.2 Å². The second kappa shape index (κ2) is 11.3. The highest BCUT2D eigenvalue weighted by atomic mass is 32.1. The van der Waals surface area contributed by atoms with Crippen molar-refractivity contribution in [3.63, 3.8) is 0 Å². The molecule has 0 aliphatic carbocycles. The molecule has 2 aromatic carbocycles. The van der Waals surface area contributed by atoms with Crippen molar-refractivity contribution in [1.82, 2.24) is 15.3 Å². The molecule has 1 aliphatic rings. The molecule has 3 heterocycles. The van der Waals surface area contributed by atoms with E-state index in [0.29, 0.717) is 11.1 Å². The second-order valence-corrected chi connectivity index (χ2v) is 9.42. The van der Waals surface area contributed by atoms with Crippen LogP contribution in [0.1, 0.15) is 25.6 Å². The van der Waals surface area contributed by atoms with Crippen molar-refractivity contribution in [1.29, 1.82) is 0 Å². The molecule has 4 aromatic rings. The maximum atomic E-state index is 13.5. The van der Waals surface area contributed by atoms with Crippen molar-refractivity contribution in [2.45, 2.75) is 18.8 Å². The molecule has 4 N–H and O–H groups in total. The van der Waals surface area contributed by atoms with Crippen LogP contribution in [-0.2, 0) is 6.54 Å². The number of carbonyl (C=O) groups excluding carboxylic acids is 3. The van der Waals surface area contributed by atoms with Crippen molar-refractivity contribution < 1.29 is 41.4 Å². The molecule has 11 nitrogen and oxygen atoms in total. The number of hydrogen-bond donors (Lipinski definition) is 4. The van der Waals surface area contributed by atoms with Gasteiger partial charge in [0.1, 0.15) is 16.5 Å². The van der Waals surface area contributed by atoms with Gasteiger partial charge in [-0.05, 0) is 42.0 Å². The first-order chi connectivity index (χ1) is 20.0. The number of anilines is 3. The van der Waals surface area contributed by atoms with Crippen LogP contribution >= 0.6 is 11.3 Å². The van der Waals surface area contributed by atoms with Crippen LogP contribution in [0, 0.1) is 0 Å². The number of aromatic nitrogens is 2. The lowest BCUT2D eigenvalue weighted by atomic mass is 10.2. The van der Waals surface area contributed by atoms with Crippen LogP contribution in [0.5, 0.6) is 11.5 Å². The smallest absolute Gasteiger partial charge is 0.421 e. The van der Waals surface area contributed by atoms with E-state index in [2.05, 4.69) is 40.7 Å². The first-order valence-corrected chi connectivity index (χ1v) is 12.8. The number of nitrogens with one attached hydrogen (secondary N) is 4. The summed E-state index contributed by atoms with van der Waals surface area (Å²) in [6.07, 6.45) is -8.32. The van der Waals surface area contributed by atoms with Gasteiger partial charge in [-0.2, -0.15) is 17.6 Å². The van der Waals surface area contributed by atoms with Crippen LogP contribution in [0.2, 0.25) is 0 Å². The van der Waals surface area contributed by atoms with Crippen LogP contribution in [0.4, 0.5) is 39.7 Å². The first kappa shape index (κ1) is 28.3. The van der Waals surface area contributed by atoms with E-state index < -0.39 is 41.6 Å². The predicted octanol–water partition coefficient (Wildman–Crippen LogP) is 5.32. The molecule has 0 saturated heterocycles. The monoisotopic (exact) mass is 602 g/mol. The topological polar surface area (TPSA) is 144 Å². The maximum absolute atomic E-state index is 13.5. The summed E-state index contributed by atoms with van der Waals surface area (Å²) in [6, 6.07) is 13.7. The Balaban J connectivity index is 1.19. The molecule has 4 amide bonds. The second-order valence-electron chi connectivity index (χ2n) is 8.56. The highest BCUT2D eigenvalue weighted by molar-refractivity contribution is 7.12. The number of hydrogen-bond acceptors (Lipinski definition) is 9. The number of fused-ring (bicyclic) bond motifs is 1. The van der Waals surface area contributed by atoms with Gasteiger partial charge in [0.15, 0.2) is 11.5 Å².